The van der Waals surface area contributed by atoms with Crippen molar-refractivity contribution in [1.29, 1.82) is 0 Å². The summed E-state index contributed by atoms with van der Waals surface area (Å²) >= 11 is 0. The van der Waals surface area contributed by atoms with E-state index in [2.05, 4.69) is 13.8 Å². The van der Waals surface area contributed by atoms with Crippen molar-refractivity contribution < 1.29 is 4.74 Å². The average Bonchev–Trinajstić information content (AvgIpc) is 2.29. The van der Waals surface area contributed by atoms with Crippen LogP contribution in [0.15, 0.2) is 30.3 Å². The first kappa shape index (κ1) is 13.1. The summed E-state index contributed by atoms with van der Waals surface area (Å²) in [6.45, 7) is 5.43. The van der Waals surface area contributed by atoms with Gasteiger partial charge in [0.2, 0.25) is 0 Å². The highest BCUT2D eigenvalue weighted by Crippen LogP contribution is 2.11. The number of unbranched alkanes of at least 4 members (excludes halogenated alkanes) is 3. The molecule has 0 saturated heterocycles. The SMILES string of the molecule is CC(C)CCCCCCOc1ccccc1. The molecule has 0 aliphatic heterocycles. The normalized spacial score (nSPS) is 10.7. The summed E-state index contributed by atoms with van der Waals surface area (Å²) in [6.07, 6.45) is 6.53. The van der Waals surface area contributed by atoms with Crippen molar-refractivity contribution in [3.05, 3.63) is 30.3 Å². The van der Waals surface area contributed by atoms with E-state index < -0.39 is 0 Å². The van der Waals surface area contributed by atoms with E-state index in [1.165, 1.54) is 32.1 Å². The second-order valence-electron chi connectivity index (χ2n) is 4.76. The molecular weight excluding hydrogens is 196 g/mol. The van der Waals surface area contributed by atoms with Crippen LogP contribution in [0.25, 0.3) is 0 Å². The van der Waals surface area contributed by atoms with Crippen LogP contribution >= 0.6 is 0 Å². The summed E-state index contributed by atoms with van der Waals surface area (Å²) in [4.78, 5) is 0. The molecule has 0 radical (unpaired) electrons. The first-order valence-corrected chi connectivity index (χ1v) is 6.47. The van der Waals surface area contributed by atoms with Crippen molar-refractivity contribution in [2.45, 2.75) is 46.0 Å². The maximum atomic E-state index is 5.63. The Hall–Kier alpha value is -0.980. The third-order valence-electron chi connectivity index (χ3n) is 2.69. The summed E-state index contributed by atoms with van der Waals surface area (Å²) in [5.41, 5.74) is 0. The number of ether oxygens (including phenoxy) is 1. The molecular formula is C15H24O. The van der Waals surface area contributed by atoms with Gasteiger partial charge >= 0.3 is 0 Å². The lowest BCUT2D eigenvalue weighted by atomic mass is 10.0. The van der Waals surface area contributed by atoms with Crippen molar-refractivity contribution >= 4 is 0 Å². The van der Waals surface area contributed by atoms with E-state index >= 15 is 0 Å². The van der Waals surface area contributed by atoms with Gasteiger partial charge in [-0.25, -0.2) is 0 Å². The van der Waals surface area contributed by atoms with Gasteiger partial charge in [-0.15, -0.1) is 0 Å². The van der Waals surface area contributed by atoms with Gasteiger partial charge in [-0.05, 0) is 24.5 Å². The number of rotatable bonds is 8. The molecule has 1 aromatic rings. The quantitative estimate of drug-likeness (QED) is 0.578. The molecule has 1 aromatic carbocycles. The molecule has 90 valence electrons. The molecule has 1 nitrogen and oxygen atoms in total. The molecule has 0 amide bonds. The summed E-state index contributed by atoms with van der Waals surface area (Å²) in [6, 6.07) is 10.1. The molecule has 0 atom stereocenters. The Morgan fingerprint density at radius 2 is 1.62 bits per heavy atom. The third-order valence-corrected chi connectivity index (χ3v) is 2.69. The minimum Gasteiger partial charge on any atom is -0.494 e. The standard InChI is InChI=1S/C15H24O/c1-14(2)10-6-3-4-9-13-16-15-11-7-5-8-12-15/h5,7-8,11-12,14H,3-4,6,9-10,13H2,1-2H3. The molecule has 0 aliphatic rings. The Morgan fingerprint density at radius 1 is 0.938 bits per heavy atom. The molecule has 0 spiro atoms. The molecule has 0 bridgehead atoms. The van der Waals surface area contributed by atoms with Gasteiger partial charge < -0.3 is 4.74 Å². The van der Waals surface area contributed by atoms with Crippen LogP contribution in [0.1, 0.15) is 46.0 Å². The van der Waals surface area contributed by atoms with E-state index in [1.807, 2.05) is 30.3 Å². The zero-order valence-corrected chi connectivity index (χ0v) is 10.6. The molecule has 0 N–H and O–H groups in total. The summed E-state index contributed by atoms with van der Waals surface area (Å²) < 4.78 is 5.63. The van der Waals surface area contributed by atoms with Crippen LogP contribution in [0.5, 0.6) is 5.75 Å². The highest BCUT2D eigenvalue weighted by atomic mass is 16.5. The lowest BCUT2D eigenvalue weighted by Gasteiger charge is -2.06. The Bertz CT molecular complexity index is 253. The Morgan fingerprint density at radius 3 is 2.31 bits per heavy atom. The minimum absolute atomic E-state index is 0.848. The Balaban J connectivity index is 1.93. The van der Waals surface area contributed by atoms with Crippen molar-refractivity contribution in [2.75, 3.05) is 6.61 Å². The fraction of sp³-hybridized carbons (Fsp3) is 0.600. The van der Waals surface area contributed by atoms with Gasteiger partial charge in [0.1, 0.15) is 5.75 Å². The number of benzene rings is 1. The number of hydrogen-bond donors (Lipinski definition) is 0. The van der Waals surface area contributed by atoms with Crippen LogP contribution in [0.2, 0.25) is 0 Å². The smallest absolute Gasteiger partial charge is 0.119 e. The Kier molecular flexibility index (Phi) is 6.71. The molecule has 1 heteroatoms. The van der Waals surface area contributed by atoms with Gasteiger partial charge in [0.25, 0.3) is 0 Å². The second-order valence-corrected chi connectivity index (χ2v) is 4.76. The Labute approximate surface area is 99.8 Å². The lowest BCUT2D eigenvalue weighted by molar-refractivity contribution is 0.304. The van der Waals surface area contributed by atoms with Crippen molar-refractivity contribution in [2.24, 2.45) is 5.92 Å². The van der Waals surface area contributed by atoms with Gasteiger partial charge in [-0.3, -0.25) is 0 Å². The van der Waals surface area contributed by atoms with E-state index in [0.29, 0.717) is 0 Å². The van der Waals surface area contributed by atoms with Crippen LogP contribution in [-0.4, -0.2) is 6.61 Å². The fourth-order valence-electron chi connectivity index (χ4n) is 1.71. The molecule has 0 heterocycles. The number of para-hydroxylation sites is 1. The van der Waals surface area contributed by atoms with Crippen LogP contribution in [0, 0.1) is 5.92 Å². The summed E-state index contributed by atoms with van der Waals surface area (Å²) in [5.74, 6) is 1.84. The van der Waals surface area contributed by atoms with Crippen molar-refractivity contribution in [3.8, 4) is 5.75 Å². The van der Waals surface area contributed by atoms with Gasteiger partial charge in [-0.1, -0.05) is 57.7 Å². The highest BCUT2D eigenvalue weighted by molar-refractivity contribution is 5.20. The maximum Gasteiger partial charge on any atom is 0.119 e. The zero-order valence-electron chi connectivity index (χ0n) is 10.6. The van der Waals surface area contributed by atoms with E-state index in [1.54, 1.807) is 0 Å². The fourth-order valence-corrected chi connectivity index (χ4v) is 1.71. The maximum absolute atomic E-state index is 5.63. The van der Waals surface area contributed by atoms with Crippen LogP contribution in [-0.2, 0) is 0 Å². The van der Waals surface area contributed by atoms with E-state index in [9.17, 15) is 0 Å². The van der Waals surface area contributed by atoms with Gasteiger partial charge in [0.15, 0.2) is 0 Å². The van der Waals surface area contributed by atoms with Crippen LogP contribution < -0.4 is 4.74 Å². The van der Waals surface area contributed by atoms with Crippen molar-refractivity contribution in [1.82, 2.24) is 0 Å². The molecule has 1 rings (SSSR count). The second kappa shape index (κ2) is 8.20. The molecule has 0 unspecified atom stereocenters. The zero-order chi connectivity index (χ0) is 11.6. The molecule has 0 aromatic heterocycles. The van der Waals surface area contributed by atoms with Gasteiger partial charge in [-0.2, -0.15) is 0 Å². The molecule has 0 fully saturated rings. The van der Waals surface area contributed by atoms with E-state index in [4.69, 9.17) is 4.74 Å². The molecule has 0 saturated carbocycles. The monoisotopic (exact) mass is 220 g/mol. The molecule has 16 heavy (non-hydrogen) atoms. The predicted molar refractivity (Wildman–Crippen MR) is 69.9 cm³/mol. The largest absolute Gasteiger partial charge is 0.494 e. The summed E-state index contributed by atoms with van der Waals surface area (Å²) in [5, 5.41) is 0. The minimum atomic E-state index is 0.848. The first-order valence-electron chi connectivity index (χ1n) is 6.47. The highest BCUT2D eigenvalue weighted by Gasteiger charge is 1.95. The summed E-state index contributed by atoms with van der Waals surface area (Å²) in [7, 11) is 0. The first-order chi connectivity index (χ1) is 7.79. The van der Waals surface area contributed by atoms with Gasteiger partial charge in [0, 0.05) is 0 Å². The van der Waals surface area contributed by atoms with E-state index in [-0.39, 0.29) is 0 Å². The van der Waals surface area contributed by atoms with Crippen LogP contribution in [0.3, 0.4) is 0 Å². The lowest BCUT2D eigenvalue weighted by Crippen LogP contribution is -1.97. The topological polar surface area (TPSA) is 9.23 Å². The number of hydrogen-bond acceptors (Lipinski definition) is 1. The average molecular weight is 220 g/mol. The van der Waals surface area contributed by atoms with E-state index in [0.717, 1.165) is 18.3 Å². The molecule has 0 aliphatic carbocycles. The van der Waals surface area contributed by atoms with Gasteiger partial charge in [0.05, 0.1) is 6.61 Å². The predicted octanol–water partition coefficient (Wildman–Crippen LogP) is 4.67. The van der Waals surface area contributed by atoms with Crippen LogP contribution in [0.4, 0.5) is 0 Å². The third kappa shape index (κ3) is 6.49. The van der Waals surface area contributed by atoms with Crippen molar-refractivity contribution in [3.63, 3.8) is 0 Å².